The van der Waals surface area contributed by atoms with E-state index in [0.717, 1.165) is 68.0 Å². The Morgan fingerprint density at radius 3 is 2.60 bits per heavy atom. The van der Waals surface area contributed by atoms with Gasteiger partial charge in [-0.3, -0.25) is 9.88 Å². The van der Waals surface area contributed by atoms with Gasteiger partial charge >= 0.3 is 0 Å². The molecule has 2 fully saturated rings. The van der Waals surface area contributed by atoms with Crippen LogP contribution in [0.5, 0.6) is 0 Å². The van der Waals surface area contributed by atoms with Gasteiger partial charge in [-0.25, -0.2) is 14.6 Å². The molecule has 0 N–H and O–H groups in total. The second kappa shape index (κ2) is 9.89. The van der Waals surface area contributed by atoms with E-state index in [9.17, 15) is 0 Å². The monoisotopic (exact) mass is 489 g/mol. The number of nitrogens with zero attached hydrogens (tertiary/aromatic N) is 7. The topological polar surface area (TPSA) is 72.2 Å². The highest BCUT2D eigenvalue weighted by Gasteiger charge is 2.26. The Morgan fingerprint density at radius 1 is 0.971 bits per heavy atom. The maximum Gasteiger partial charge on any atom is 0.164 e. The van der Waals surface area contributed by atoms with Gasteiger partial charge in [0, 0.05) is 55.7 Å². The van der Waals surface area contributed by atoms with Gasteiger partial charge in [0.2, 0.25) is 0 Å². The number of fused-ring (bicyclic) bond motifs is 1. The molecule has 3 aromatic heterocycles. The second-order valence-corrected chi connectivity index (χ2v) is 9.61. The Labute approximate surface area is 209 Å². The van der Waals surface area contributed by atoms with E-state index < -0.39 is 0 Å². The molecule has 2 saturated heterocycles. The molecule has 2 aliphatic heterocycles. The van der Waals surface area contributed by atoms with Crippen molar-refractivity contribution in [2.24, 2.45) is 0 Å². The van der Waals surface area contributed by atoms with Crippen molar-refractivity contribution in [1.29, 1.82) is 0 Å². The molecule has 0 amide bonds. The van der Waals surface area contributed by atoms with Crippen molar-refractivity contribution in [2.75, 3.05) is 44.3 Å². The van der Waals surface area contributed by atoms with Gasteiger partial charge in [-0.1, -0.05) is 29.8 Å². The van der Waals surface area contributed by atoms with Crippen molar-refractivity contribution in [1.82, 2.24) is 29.6 Å². The molecule has 0 atom stereocenters. The molecule has 180 valence electrons. The number of likely N-dealkylation sites (tertiary alicyclic amines) is 1. The van der Waals surface area contributed by atoms with E-state index in [1.165, 1.54) is 5.56 Å². The number of hydrogen-bond acceptors (Lipinski definition) is 7. The fraction of sp³-hybridized carbons (Fsp3) is 0.385. The number of morpholine rings is 1. The molecule has 0 radical (unpaired) electrons. The lowest BCUT2D eigenvalue weighted by Crippen LogP contribution is -2.37. The van der Waals surface area contributed by atoms with Crippen LogP contribution >= 0.6 is 11.6 Å². The first-order chi connectivity index (χ1) is 17.2. The lowest BCUT2D eigenvalue weighted by Gasteiger charge is -2.32. The molecule has 0 aliphatic carbocycles. The van der Waals surface area contributed by atoms with Crippen LogP contribution in [0.25, 0.3) is 22.4 Å². The standard InChI is InChI=1S/C26H28ClN7O/c27-21-5-1-4-20(15-21)24-30-25(33-11-13-35-14-12-33)23-17-29-34(26(23)31-24)22-6-9-32(10-7-22)18-19-3-2-8-28-16-19/h1-5,8,15-17,22H,6-7,9-14,18H2. The summed E-state index contributed by atoms with van der Waals surface area (Å²) in [6.45, 7) is 5.97. The van der Waals surface area contributed by atoms with Gasteiger partial charge in [-0.05, 0) is 36.6 Å². The zero-order valence-corrected chi connectivity index (χ0v) is 20.3. The van der Waals surface area contributed by atoms with Crippen LogP contribution in [0.4, 0.5) is 5.82 Å². The number of aromatic nitrogens is 5. The van der Waals surface area contributed by atoms with Gasteiger partial charge in [-0.2, -0.15) is 5.10 Å². The molecule has 1 aromatic carbocycles. The minimum absolute atomic E-state index is 0.303. The fourth-order valence-electron chi connectivity index (χ4n) is 5.02. The number of benzene rings is 1. The second-order valence-electron chi connectivity index (χ2n) is 9.18. The van der Waals surface area contributed by atoms with E-state index in [1.807, 2.05) is 48.9 Å². The largest absolute Gasteiger partial charge is 0.378 e. The average molecular weight is 490 g/mol. The SMILES string of the molecule is Clc1cccc(-c2nc(N3CCOCC3)c3cnn(C4CCN(Cc5cccnc5)CC4)c3n2)c1. The summed E-state index contributed by atoms with van der Waals surface area (Å²) in [7, 11) is 0. The summed E-state index contributed by atoms with van der Waals surface area (Å²) < 4.78 is 7.71. The first-order valence-electron chi connectivity index (χ1n) is 12.2. The minimum atomic E-state index is 0.303. The molecule has 0 unspecified atom stereocenters. The zero-order valence-electron chi connectivity index (χ0n) is 19.6. The Morgan fingerprint density at radius 2 is 1.83 bits per heavy atom. The summed E-state index contributed by atoms with van der Waals surface area (Å²) in [5.41, 5.74) is 3.06. The number of ether oxygens (including phenoxy) is 1. The predicted molar refractivity (Wildman–Crippen MR) is 137 cm³/mol. The van der Waals surface area contributed by atoms with E-state index in [1.54, 1.807) is 0 Å². The number of hydrogen-bond donors (Lipinski definition) is 0. The van der Waals surface area contributed by atoms with Crippen LogP contribution in [0.15, 0.2) is 55.0 Å². The number of halogens is 1. The van der Waals surface area contributed by atoms with E-state index in [2.05, 4.69) is 25.5 Å². The molecule has 0 saturated carbocycles. The fourth-order valence-corrected chi connectivity index (χ4v) is 5.21. The van der Waals surface area contributed by atoms with Crippen LogP contribution in [-0.4, -0.2) is 69.0 Å². The molecular weight excluding hydrogens is 462 g/mol. The van der Waals surface area contributed by atoms with Crippen LogP contribution in [0, 0.1) is 0 Å². The van der Waals surface area contributed by atoms with Gasteiger partial charge in [0.15, 0.2) is 11.5 Å². The van der Waals surface area contributed by atoms with Crippen LogP contribution in [0.2, 0.25) is 5.02 Å². The highest BCUT2D eigenvalue weighted by Crippen LogP contribution is 2.32. The Bertz CT molecular complexity index is 1300. The molecular formula is C26H28ClN7O. The van der Waals surface area contributed by atoms with Crippen LogP contribution in [0.1, 0.15) is 24.4 Å². The predicted octanol–water partition coefficient (Wildman–Crippen LogP) is 4.22. The lowest BCUT2D eigenvalue weighted by molar-refractivity contribution is 0.122. The summed E-state index contributed by atoms with van der Waals surface area (Å²) in [6, 6.07) is 12.2. The van der Waals surface area contributed by atoms with Crippen molar-refractivity contribution >= 4 is 28.5 Å². The Hall–Kier alpha value is -3.07. The third-order valence-corrected chi connectivity index (χ3v) is 7.09. The van der Waals surface area contributed by atoms with Crippen molar-refractivity contribution in [2.45, 2.75) is 25.4 Å². The molecule has 2 aliphatic rings. The minimum Gasteiger partial charge on any atom is -0.378 e. The summed E-state index contributed by atoms with van der Waals surface area (Å²) in [5, 5.41) is 6.51. The Kier molecular flexibility index (Phi) is 6.33. The first-order valence-corrected chi connectivity index (χ1v) is 12.6. The van der Waals surface area contributed by atoms with Crippen molar-refractivity contribution in [3.63, 3.8) is 0 Å². The van der Waals surface area contributed by atoms with Crippen LogP contribution < -0.4 is 4.90 Å². The zero-order chi connectivity index (χ0) is 23.6. The molecule has 5 heterocycles. The van der Waals surface area contributed by atoms with E-state index >= 15 is 0 Å². The lowest BCUT2D eigenvalue weighted by atomic mass is 10.0. The molecule has 9 heteroatoms. The number of piperidine rings is 1. The van der Waals surface area contributed by atoms with E-state index in [-0.39, 0.29) is 0 Å². The molecule has 4 aromatic rings. The van der Waals surface area contributed by atoms with Gasteiger partial charge in [0.1, 0.15) is 5.82 Å². The summed E-state index contributed by atoms with van der Waals surface area (Å²) in [5.74, 6) is 1.60. The van der Waals surface area contributed by atoms with Gasteiger partial charge in [0.05, 0.1) is 30.8 Å². The van der Waals surface area contributed by atoms with Crippen molar-refractivity contribution in [3.8, 4) is 11.4 Å². The molecule has 35 heavy (non-hydrogen) atoms. The van der Waals surface area contributed by atoms with Gasteiger partial charge in [0.25, 0.3) is 0 Å². The van der Waals surface area contributed by atoms with Crippen LogP contribution in [0.3, 0.4) is 0 Å². The molecule has 0 spiro atoms. The van der Waals surface area contributed by atoms with Crippen molar-refractivity contribution in [3.05, 3.63) is 65.6 Å². The number of anilines is 1. The highest BCUT2D eigenvalue weighted by atomic mass is 35.5. The maximum atomic E-state index is 6.30. The quantitative estimate of drug-likeness (QED) is 0.415. The third-order valence-electron chi connectivity index (χ3n) is 6.86. The van der Waals surface area contributed by atoms with E-state index in [4.69, 9.17) is 31.4 Å². The van der Waals surface area contributed by atoms with Gasteiger partial charge in [-0.15, -0.1) is 0 Å². The summed E-state index contributed by atoms with van der Waals surface area (Å²) in [6.07, 6.45) is 7.77. The number of pyridine rings is 1. The Balaban J connectivity index is 1.31. The van der Waals surface area contributed by atoms with E-state index in [0.29, 0.717) is 30.1 Å². The third kappa shape index (κ3) is 4.74. The molecule has 0 bridgehead atoms. The first kappa shape index (κ1) is 22.4. The molecule has 8 nitrogen and oxygen atoms in total. The smallest absolute Gasteiger partial charge is 0.164 e. The summed E-state index contributed by atoms with van der Waals surface area (Å²) >= 11 is 6.30. The van der Waals surface area contributed by atoms with Crippen LogP contribution in [-0.2, 0) is 11.3 Å². The van der Waals surface area contributed by atoms with Crippen molar-refractivity contribution < 1.29 is 4.74 Å². The number of rotatable bonds is 5. The molecule has 6 rings (SSSR count). The highest BCUT2D eigenvalue weighted by molar-refractivity contribution is 6.30. The summed E-state index contributed by atoms with van der Waals surface area (Å²) in [4.78, 5) is 19.0. The normalized spacial score (nSPS) is 17.8. The maximum absolute atomic E-state index is 6.30. The van der Waals surface area contributed by atoms with Gasteiger partial charge < -0.3 is 9.64 Å². The average Bonchev–Trinajstić information content (AvgIpc) is 3.34.